The van der Waals surface area contributed by atoms with Gasteiger partial charge in [-0.25, -0.2) is 0 Å². The highest BCUT2D eigenvalue weighted by molar-refractivity contribution is 9.10. The summed E-state index contributed by atoms with van der Waals surface area (Å²) in [5, 5.41) is 5.84. The number of rotatable bonds is 6. The summed E-state index contributed by atoms with van der Waals surface area (Å²) < 4.78 is 5.88. The lowest BCUT2D eigenvalue weighted by Gasteiger charge is -2.09. The van der Waals surface area contributed by atoms with E-state index >= 15 is 0 Å². The molecule has 6 heteroatoms. The Bertz CT molecular complexity index is 388. The fourth-order valence-corrected chi connectivity index (χ4v) is 1.81. The molecule has 0 aliphatic heterocycles. The van der Waals surface area contributed by atoms with E-state index in [1.807, 2.05) is 25.1 Å². The van der Waals surface area contributed by atoms with E-state index in [9.17, 15) is 4.79 Å². The van der Waals surface area contributed by atoms with Crippen LogP contribution in [0.2, 0.25) is 0 Å². The number of hydrogen-bond donors (Lipinski definition) is 2. The van der Waals surface area contributed by atoms with Crippen LogP contribution in [-0.4, -0.2) is 32.7 Å². The molecule has 0 aliphatic rings. The molecule has 0 saturated carbocycles. The summed E-state index contributed by atoms with van der Waals surface area (Å²) in [5.74, 6) is -0.0495. The van der Waals surface area contributed by atoms with Crippen molar-refractivity contribution >= 4 is 39.9 Å². The highest BCUT2D eigenvalue weighted by Crippen LogP contribution is 2.19. The highest BCUT2D eigenvalue weighted by Gasteiger charge is 2.04. The molecule has 0 bridgehead atoms. The largest absolute Gasteiger partial charge is 0.383 e. The van der Waals surface area contributed by atoms with Crippen LogP contribution >= 0.6 is 28.3 Å². The zero-order valence-corrected chi connectivity index (χ0v) is 12.9. The minimum atomic E-state index is -0.0495. The molecule has 1 aromatic rings. The molecule has 0 heterocycles. The number of aryl methyl sites for hydroxylation is 1. The second-order valence-corrected chi connectivity index (χ2v) is 4.59. The average molecular weight is 338 g/mol. The first kappa shape index (κ1) is 17.4. The van der Waals surface area contributed by atoms with Crippen LogP contribution in [0.1, 0.15) is 5.56 Å². The minimum Gasteiger partial charge on any atom is -0.383 e. The van der Waals surface area contributed by atoms with Crippen LogP contribution in [-0.2, 0) is 9.53 Å². The van der Waals surface area contributed by atoms with E-state index in [-0.39, 0.29) is 18.3 Å². The third-order valence-corrected chi connectivity index (χ3v) is 2.72. The van der Waals surface area contributed by atoms with Crippen molar-refractivity contribution in [1.82, 2.24) is 5.32 Å². The fraction of sp³-hybridized carbons (Fsp3) is 0.417. The lowest BCUT2D eigenvalue weighted by atomic mass is 10.2. The fourth-order valence-electron chi connectivity index (χ4n) is 1.34. The van der Waals surface area contributed by atoms with E-state index in [2.05, 4.69) is 26.6 Å². The van der Waals surface area contributed by atoms with Crippen LogP contribution in [0.15, 0.2) is 22.7 Å². The number of amides is 1. The highest BCUT2D eigenvalue weighted by atomic mass is 79.9. The van der Waals surface area contributed by atoms with Crippen LogP contribution in [0.3, 0.4) is 0 Å². The topological polar surface area (TPSA) is 50.4 Å². The molecule has 102 valence electrons. The summed E-state index contributed by atoms with van der Waals surface area (Å²) in [4.78, 5) is 11.6. The van der Waals surface area contributed by atoms with E-state index in [0.717, 1.165) is 15.7 Å². The molecule has 0 aromatic heterocycles. The number of anilines is 1. The first-order valence-electron chi connectivity index (χ1n) is 5.39. The molecule has 0 fully saturated rings. The van der Waals surface area contributed by atoms with Crippen molar-refractivity contribution in [2.75, 3.05) is 32.1 Å². The third-order valence-electron chi connectivity index (χ3n) is 2.23. The molecule has 0 aliphatic carbocycles. The number of carbonyl (C=O) groups is 1. The van der Waals surface area contributed by atoms with Crippen LogP contribution in [0.5, 0.6) is 0 Å². The Kier molecular flexibility index (Phi) is 9.01. The number of hydrogen-bond acceptors (Lipinski definition) is 3. The normalized spacial score (nSPS) is 9.72. The molecule has 1 amide bonds. The van der Waals surface area contributed by atoms with Crippen molar-refractivity contribution in [3.8, 4) is 0 Å². The quantitative estimate of drug-likeness (QED) is 0.784. The summed E-state index contributed by atoms with van der Waals surface area (Å²) in [5.41, 5.74) is 1.87. The van der Waals surface area contributed by atoms with Gasteiger partial charge in [-0.15, -0.1) is 12.4 Å². The Morgan fingerprint density at radius 1 is 1.44 bits per heavy atom. The van der Waals surface area contributed by atoms with E-state index in [1.54, 1.807) is 7.11 Å². The Morgan fingerprint density at radius 3 is 2.78 bits per heavy atom. The molecule has 2 N–H and O–H groups in total. The van der Waals surface area contributed by atoms with Gasteiger partial charge in [-0.2, -0.15) is 0 Å². The molecule has 0 unspecified atom stereocenters. The van der Waals surface area contributed by atoms with Gasteiger partial charge in [-0.05, 0) is 30.7 Å². The summed E-state index contributed by atoms with van der Waals surface area (Å²) in [7, 11) is 1.63. The smallest absolute Gasteiger partial charge is 0.238 e. The van der Waals surface area contributed by atoms with Crippen molar-refractivity contribution < 1.29 is 9.53 Å². The van der Waals surface area contributed by atoms with Gasteiger partial charge in [0.2, 0.25) is 5.91 Å². The van der Waals surface area contributed by atoms with Gasteiger partial charge < -0.3 is 15.4 Å². The SMILES string of the molecule is COCCNCC(=O)Nc1ccc(Br)cc1C.Cl. The van der Waals surface area contributed by atoms with E-state index in [1.165, 1.54) is 0 Å². The average Bonchev–Trinajstić information content (AvgIpc) is 2.28. The van der Waals surface area contributed by atoms with Gasteiger partial charge >= 0.3 is 0 Å². The van der Waals surface area contributed by atoms with Crippen molar-refractivity contribution in [3.63, 3.8) is 0 Å². The summed E-state index contributed by atoms with van der Waals surface area (Å²) in [6.45, 7) is 3.52. The molecule has 4 nitrogen and oxygen atoms in total. The number of benzene rings is 1. The lowest BCUT2D eigenvalue weighted by molar-refractivity contribution is -0.115. The predicted octanol–water partition coefficient (Wildman–Crippen LogP) is 2.35. The Balaban J connectivity index is 0.00000289. The molecule has 0 atom stereocenters. The molecule has 0 radical (unpaired) electrons. The Morgan fingerprint density at radius 2 is 2.17 bits per heavy atom. The summed E-state index contributed by atoms with van der Waals surface area (Å²) in [6, 6.07) is 5.75. The van der Waals surface area contributed by atoms with Crippen molar-refractivity contribution in [3.05, 3.63) is 28.2 Å². The van der Waals surface area contributed by atoms with Crippen LogP contribution in [0.4, 0.5) is 5.69 Å². The van der Waals surface area contributed by atoms with Gasteiger partial charge in [0.15, 0.2) is 0 Å². The number of halogens is 2. The molecule has 0 saturated heterocycles. The number of nitrogens with one attached hydrogen (secondary N) is 2. The Hall–Kier alpha value is -0.620. The van der Waals surface area contributed by atoms with Gasteiger partial charge in [0.25, 0.3) is 0 Å². The van der Waals surface area contributed by atoms with Gasteiger partial charge in [0.1, 0.15) is 0 Å². The third kappa shape index (κ3) is 6.35. The molecule has 0 spiro atoms. The molecule has 18 heavy (non-hydrogen) atoms. The van der Waals surface area contributed by atoms with Gasteiger partial charge in [-0.1, -0.05) is 15.9 Å². The monoisotopic (exact) mass is 336 g/mol. The van der Waals surface area contributed by atoms with Gasteiger partial charge in [0.05, 0.1) is 13.2 Å². The standard InChI is InChI=1S/C12H17BrN2O2.ClH/c1-9-7-10(13)3-4-11(9)15-12(16)8-14-5-6-17-2;/h3-4,7,14H,5-6,8H2,1-2H3,(H,15,16);1H. The molecular weight excluding hydrogens is 320 g/mol. The van der Waals surface area contributed by atoms with Crippen LogP contribution in [0, 0.1) is 6.92 Å². The van der Waals surface area contributed by atoms with Crippen LogP contribution < -0.4 is 10.6 Å². The minimum absolute atomic E-state index is 0. The van der Waals surface area contributed by atoms with Crippen molar-refractivity contribution in [1.29, 1.82) is 0 Å². The lowest BCUT2D eigenvalue weighted by Crippen LogP contribution is -2.30. The summed E-state index contributed by atoms with van der Waals surface area (Å²) >= 11 is 3.38. The zero-order chi connectivity index (χ0) is 12.7. The van der Waals surface area contributed by atoms with Gasteiger partial charge in [-0.3, -0.25) is 4.79 Å². The summed E-state index contributed by atoms with van der Waals surface area (Å²) in [6.07, 6.45) is 0. The first-order chi connectivity index (χ1) is 8.13. The molecular formula is C12H18BrClN2O2. The second-order valence-electron chi connectivity index (χ2n) is 3.68. The molecule has 1 aromatic carbocycles. The maximum atomic E-state index is 11.6. The maximum Gasteiger partial charge on any atom is 0.238 e. The zero-order valence-electron chi connectivity index (χ0n) is 10.5. The van der Waals surface area contributed by atoms with Crippen molar-refractivity contribution in [2.45, 2.75) is 6.92 Å². The Labute approximate surface area is 122 Å². The van der Waals surface area contributed by atoms with E-state index in [4.69, 9.17) is 4.74 Å². The van der Waals surface area contributed by atoms with E-state index < -0.39 is 0 Å². The van der Waals surface area contributed by atoms with Gasteiger partial charge in [0, 0.05) is 23.8 Å². The second kappa shape index (κ2) is 9.33. The number of carbonyl (C=O) groups excluding carboxylic acids is 1. The van der Waals surface area contributed by atoms with Crippen LogP contribution in [0.25, 0.3) is 0 Å². The maximum absolute atomic E-state index is 11.6. The number of methoxy groups -OCH3 is 1. The number of ether oxygens (including phenoxy) is 1. The van der Waals surface area contributed by atoms with Crippen molar-refractivity contribution in [2.24, 2.45) is 0 Å². The molecule has 1 rings (SSSR count). The van der Waals surface area contributed by atoms with E-state index in [0.29, 0.717) is 19.7 Å². The predicted molar refractivity (Wildman–Crippen MR) is 79.5 cm³/mol. The first-order valence-corrected chi connectivity index (χ1v) is 6.18.